The Morgan fingerprint density at radius 3 is 2.93 bits per heavy atom. The number of hydrogen-bond acceptors (Lipinski definition) is 3. The van der Waals surface area contributed by atoms with Crippen LogP contribution >= 0.6 is 0 Å². The second kappa shape index (κ2) is 4.77. The van der Waals surface area contributed by atoms with Crippen LogP contribution in [0, 0.1) is 5.92 Å². The van der Waals surface area contributed by atoms with Crippen LogP contribution in [0.4, 0.5) is 0 Å². The van der Waals surface area contributed by atoms with Gasteiger partial charge in [0.1, 0.15) is 0 Å². The Morgan fingerprint density at radius 2 is 2.47 bits per heavy atom. The molecule has 4 heteroatoms. The zero-order chi connectivity index (χ0) is 10.7. The standard InChI is InChI=1S/C11H18N2O2/c1-15-8-9-2-4-13(5-3-9)11(14)10-6-12-7-10/h2,10,12H,3-8H2,1H3. The number of carbonyl (C=O) groups excluding carboxylic acids is 1. The molecule has 0 radical (unpaired) electrons. The second-order valence-electron chi connectivity index (χ2n) is 4.18. The number of hydrogen-bond donors (Lipinski definition) is 1. The number of methoxy groups -OCH3 is 1. The van der Waals surface area contributed by atoms with Gasteiger partial charge in [-0.15, -0.1) is 0 Å². The van der Waals surface area contributed by atoms with E-state index in [4.69, 9.17) is 4.74 Å². The fraction of sp³-hybridized carbons (Fsp3) is 0.727. The van der Waals surface area contributed by atoms with Crippen molar-refractivity contribution < 1.29 is 9.53 Å². The van der Waals surface area contributed by atoms with Gasteiger partial charge in [-0.1, -0.05) is 6.08 Å². The smallest absolute Gasteiger partial charge is 0.228 e. The van der Waals surface area contributed by atoms with Gasteiger partial charge < -0.3 is 15.0 Å². The molecule has 1 fully saturated rings. The van der Waals surface area contributed by atoms with Crippen molar-refractivity contribution in [2.45, 2.75) is 6.42 Å². The minimum absolute atomic E-state index is 0.224. The maximum Gasteiger partial charge on any atom is 0.228 e. The number of ether oxygens (including phenoxy) is 1. The lowest BCUT2D eigenvalue weighted by molar-refractivity contribution is -0.136. The molecule has 4 nitrogen and oxygen atoms in total. The minimum atomic E-state index is 0.224. The van der Waals surface area contributed by atoms with Crippen molar-refractivity contribution in [2.24, 2.45) is 5.92 Å². The highest BCUT2D eigenvalue weighted by Crippen LogP contribution is 2.15. The summed E-state index contributed by atoms with van der Waals surface area (Å²) in [6.07, 6.45) is 3.08. The number of carbonyl (C=O) groups is 1. The van der Waals surface area contributed by atoms with Crippen LogP contribution in [0.2, 0.25) is 0 Å². The van der Waals surface area contributed by atoms with E-state index in [0.29, 0.717) is 12.5 Å². The van der Waals surface area contributed by atoms with Gasteiger partial charge in [0.15, 0.2) is 0 Å². The number of amides is 1. The van der Waals surface area contributed by atoms with E-state index in [0.717, 1.165) is 32.6 Å². The van der Waals surface area contributed by atoms with Gasteiger partial charge in [0.05, 0.1) is 12.5 Å². The molecule has 15 heavy (non-hydrogen) atoms. The monoisotopic (exact) mass is 210 g/mol. The van der Waals surface area contributed by atoms with Crippen LogP contribution in [0.5, 0.6) is 0 Å². The molecule has 0 atom stereocenters. The quantitative estimate of drug-likeness (QED) is 0.667. The highest BCUT2D eigenvalue weighted by atomic mass is 16.5. The lowest BCUT2D eigenvalue weighted by atomic mass is 10.00. The van der Waals surface area contributed by atoms with E-state index < -0.39 is 0 Å². The third-order valence-electron chi connectivity index (χ3n) is 3.08. The number of nitrogens with one attached hydrogen (secondary N) is 1. The van der Waals surface area contributed by atoms with Crippen LogP contribution in [-0.4, -0.2) is 50.7 Å². The molecule has 0 bridgehead atoms. The summed E-state index contributed by atoms with van der Waals surface area (Å²) in [5, 5.41) is 3.13. The summed E-state index contributed by atoms with van der Waals surface area (Å²) in [7, 11) is 1.71. The van der Waals surface area contributed by atoms with Gasteiger partial charge in [0, 0.05) is 33.3 Å². The molecule has 0 aromatic rings. The summed E-state index contributed by atoms with van der Waals surface area (Å²) in [5.74, 6) is 0.531. The fourth-order valence-electron chi connectivity index (χ4n) is 1.95. The van der Waals surface area contributed by atoms with Gasteiger partial charge in [-0.05, 0) is 12.0 Å². The van der Waals surface area contributed by atoms with Gasteiger partial charge in [-0.25, -0.2) is 0 Å². The Hall–Kier alpha value is -0.870. The molecule has 2 heterocycles. The highest BCUT2D eigenvalue weighted by Gasteiger charge is 2.29. The van der Waals surface area contributed by atoms with Crippen LogP contribution in [-0.2, 0) is 9.53 Å². The van der Waals surface area contributed by atoms with Gasteiger partial charge >= 0.3 is 0 Å². The summed E-state index contributed by atoms with van der Waals surface area (Å²) >= 11 is 0. The molecular weight excluding hydrogens is 192 g/mol. The van der Waals surface area contributed by atoms with E-state index in [1.165, 1.54) is 5.57 Å². The predicted octanol–water partition coefficient (Wildman–Crippen LogP) is 0.0109. The Bertz CT molecular complexity index is 272. The minimum Gasteiger partial charge on any atom is -0.380 e. The Balaban J connectivity index is 1.84. The van der Waals surface area contributed by atoms with Crippen LogP contribution in [0.3, 0.4) is 0 Å². The lowest BCUT2D eigenvalue weighted by Crippen LogP contribution is -2.52. The van der Waals surface area contributed by atoms with Crippen molar-refractivity contribution in [1.82, 2.24) is 10.2 Å². The summed E-state index contributed by atoms with van der Waals surface area (Å²) < 4.78 is 5.08. The highest BCUT2D eigenvalue weighted by molar-refractivity contribution is 5.80. The SMILES string of the molecule is COCC1=CCN(C(=O)C2CNC2)CC1. The average Bonchev–Trinajstić information content (AvgIpc) is 2.16. The van der Waals surface area contributed by atoms with Gasteiger partial charge in [0.25, 0.3) is 0 Å². The average molecular weight is 210 g/mol. The van der Waals surface area contributed by atoms with E-state index in [1.54, 1.807) is 7.11 Å². The Kier molecular flexibility index (Phi) is 3.38. The van der Waals surface area contributed by atoms with E-state index in [9.17, 15) is 4.79 Å². The van der Waals surface area contributed by atoms with Crippen molar-refractivity contribution >= 4 is 5.91 Å². The number of rotatable bonds is 3. The lowest BCUT2D eigenvalue weighted by Gasteiger charge is -2.34. The van der Waals surface area contributed by atoms with Crippen molar-refractivity contribution in [3.05, 3.63) is 11.6 Å². The molecule has 2 aliphatic heterocycles. The number of nitrogens with zero attached hydrogens (tertiary/aromatic N) is 1. The fourth-order valence-corrected chi connectivity index (χ4v) is 1.95. The van der Waals surface area contributed by atoms with Gasteiger partial charge in [0.2, 0.25) is 5.91 Å². The van der Waals surface area contributed by atoms with Crippen molar-refractivity contribution in [2.75, 3.05) is 39.9 Å². The topological polar surface area (TPSA) is 41.6 Å². The van der Waals surface area contributed by atoms with E-state index in [1.807, 2.05) is 4.90 Å². The molecule has 0 spiro atoms. The first-order chi connectivity index (χ1) is 7.31. The molecule has 0 unspecified atom stereocenters. The summed E-state index contributed by atoms with van der Waals surface area (Å²) in [6.45, 7) is 4.01. The molecule has 1 N–H and O–H groups in total. The van der Waals surface area contributed by atoms with Crippen molar-refractivity contribution in [1.29, 1.82) is 0 Å². The molecule has 0 saturated carbocycles. The van der Waals surface area contributed by atoms with E-state index in [-0.39, 0.29) is 5.92 Å². The predicted molar refractivity (Wildman–Crippen MR) is 57.5 cm³/mol. The maximum absolute atomic E-state index is 11.9. The molecule has 0 aromatic heterocycles. The van der Waals surface area contributed by atoms with Crippen LogP contribution in [0.1, 0.15) is 6.42 Å². The largest absolute Gasteiger partial charge is 0.380 e. The van der Waals surface area contributed by atoms with Crippen LogP contribution < -0.4 is 5.32 Å². The molecular formula is C11H18N2O2. The summed E-state index contributed by atoms with van der Waals surface area (Å²) in [4.78, 5) is 13.8. The zero-order valence-electron chi connectivity index (χ0n) is 9.16. The molecule has 84 valence electrons. The maximum atomic E-state index is 11.9. The molecule has 0 aromatic carbocycles. The van der Waals surface area contributed by atoms with E-state index >= 15 is 0 Å². The van der Waals surface area contributed by atoms with Crippen LogP contribution in [0.25, 0.3) is 0 Å². The van der Waals surface area contributed by atoms with Gasteiger partial charge in [-0.2, -0.15) is 0 Å². The zero-order valence-corrected chi connectivity index (χ0v) is 9.16. The molecule has 0 aliphatic carbocycles. The third-order valence-corrected chi connectivity index (χ3v) is 3.08. The molecule has 1 saturated heterocycles. The second-order valence-corrected chi connectivity index (χ2v) is 4.18. The van der Waals surface area contributed by atoms with Crippen molar-refractivity contribution in [3.63, 3.8) is 0 Å². The van der Waals surface area contributed by atoms with Gasteiger partial charge in [-0.3, -0.25) is 4.79 Å². The van der Waals surface area contributed by atoms with E-state index in [2.05, 4.69) is 11.4 Å². The molecule has 1 amide bonds. The molecule has 2 rings (SSSR count). The summed E-state index contributed by atoms with van der Waals surface area (Å²) in [6, 6.07) is 0. The van der Waals surface area contributed by atoms with Crippen LogP contribution in [0.15, 0.2) is 11.6 Å². The first-order valence-corrected chi connectivity index (χ1v) is 5.47. The normalized spacial score (nSPS) is 22.2. The first-order valence-electron chi connectivity index (χ1n) is 5.47. The Labute approximate surface area is 90.3 Å². The summed E-state index contributed by atoms with van der Waals surface area (Å²) in [5.41, 5.74) is 1.31. The first kappa shape index (κ1) is 10.6. The molecule has 2 aliphatic rings. The Morgan fingerprint density at radius 1 is 1.67 bits per heavy atom. The van der Waals surface area contributed by atoms with Crippen molar-refractivity contribution in [3.8, 4) is 0 Å². The third kappa shape index (κ3) is 2.38.